The van der Waals surface area contributed by atoms with Crippen molar-refractivity contribution in [2.45, 2.75) is 33.2 Å². The monoisotopic (exact) mass is 345 g/mol. The van der Waals surface area contributed by atoms with Crippen LogP contribution < -0.4 is 5.32 Å². The average molecular weight is 346 g/mol. The average Bonchev–Trinajstić information content (AvgIpc) is 2.45. The maximum Gasteiger partial charge on any atom is 0.252 e. The lowest BCUT2D eigenvalue weighted by Gasteiger charge is -2.20. The fourth-order valence-corrected chi connectivity index (χ4v) is 2.96. The van der Waals surface area contributed by atoms with E-state index in [2.05, 4.69) is 60.2 Å². The molecule has 2 aromatic rings. The van der Waals surface area contributed by atoms with Crippen LogP contribution in [0.2, 0.25) is 0 Å². The Kier molecular flexibility index (Phi) is 5.18. The first-order valence-electron chi connectivity index (χ1n) is 7.15. The highest BCUT2D eigenvalue weighted by atomic mass is 79.9. The van der Waals surface area contributed by atoms with E-state index in [0.717, 1.165) is 10.9 Å². The van der Waals surface area contributed by atoms with E-state index in [1.165, 1.54) is 16.7 Å². The maximum absolute atomic E-state index is 12.4. The third-order valence-corrected chi connectivity index (χ3v) is 4.32. The number of carbonyl (C=O) groups is 1. The number of benzene rings is 2. The number of carbonyl (C=O) groups excluding carboxylic acids is 1. The van der Waals surface area contributed by atoms with Gasteiger partial charge in [-0.3, -0.25) is 4.79 Å². The Hall–Kier alpha value is -1.61. The molecule has 1 amide bonds. The second-order valence-corrected chi connectivity index (χ2v) is 6.13. The lowest BCUT2D eigenvalue weighted by molar-refractivity contribution is 0.0934. The number of rotatable bonds is 4. The number of hydrogen-bond donors (Lipinski definition) is 1. The molecule has 0 heterocycles. The van der Waals surface area contributed by atoms with Gasteiger partial charge in [0.05, 0.1) is 11.6 Å². The van der Waals surface area contributed by atoms with Crippen molar-refractivity contribution >= 4 is 21.8 Å². The quantitative estimate of drug-likeness (QED) is 0.834. The van der Waals surface area contributed by atoms with Gasteiger partial charge in [-0.1, -0.05) is 42.8 Å². The van der Waals surface area contributed by atoms with Crippen LogP contribution in [-0.2, 0) is 0 Å². The van der Waals surface area contributed by atoms with Gasteiger partial charge in [0.15, 0.2) is 0 Å². The molecular formula is C18H20BrNO. The first-order valence-corrected chi connectivity index (χ1v) is 7.94. The van der Waals surface area contributed by atoms with Gasteiger partial charge in [0.2, 0.25) is 0 Å². The second-order valence-electron chi connectivity index (χ2n) is 5.27. The summed E-state index contributed by atoms with van der Waals surface area (Å²) in [6.07, 6.45) is 0.861. The molecule has 1 unspecified atom stereocenters. The number of halogens is 1. The van der Waals surface area contributed by atoms with Gasteiger partial charge in [0.1, 0.15) is 0 Å². The molecule has 21 heavy (non-hydrogen) atoms. The van der Waals surface area contributed by atoms with Crippen molar-refractivity contribution < 1.29 is 4.79 Å². The van der Waals surface area contributed by atoms with Gasteiger partial charge in [0, 0.05) is 4.47 Å². The van der Waals surface area contributed by atoms with Crippen LogP contribution in [0.1, 0.15) is 46.4 Å². The summed E-state index contributed by atoms with van der Waals surface area (Å²) in [4.78, 5) is 12.4. The Balaban J connectivity index is 2.23. The van der Waals surface area contributed by atoms with Gasteiger partial charge in [-0.2, -0.15) is 0 Å². The molecule has 0 radical (unpaired) electrons. The van der Waals surface area contributed by atoms with Crippen LogP contribution in [0.3, 0.4) is 0 Å². The van der Waals surface area contributed by atoms with Crippen LogP contribution in [-0.4, -0.2) is 5.91 Å². The first-order chi connectivity index (χ1) is 10.0. The SMILES string of the molecule is CCC(NC(=O)c1ccccc1Br)c1ccc(C)cc1C. The molecule has 1 N–H and O–H groups in total. The van der Waals surface area contributed by atoms with Crippen molar-refractivity contribution in [1.29, 1.82) is 0 Å². The van der Waals surface area contributed by atoms with Crippen molar-refractivity contribution in [1.82, 2.24) is 5.32 Å². The zero-order valence-corrected chi connectivity index (χ0v) is 14.2. The zero-order valence-electron chi connectivity index (χ0n) is 12.6. The van der Waals surface area contributed by atoms with E-state index in [-0.39, 0.29) is 11.9 Å². The third-order valence-electron chi connectivity index (χ3n) is 3.63. The van der Waals surface area contributed by atoms with E-state index in [9.17, 15) is 4.79 Å². The molecule has 3 heteroatoms. The minimum atomic E-state index is -0.0469. The lowest BCUT2D eigenvalue weighted by atomic mass is 9.97. The number of nitrogens with one attached hydrogen (secondary N) is 1. The Morgan fingerprint density at radius 2 is 1.90 bits per heavy atom. The maximum atomic E-state index is 12.4. The Morgan fingerprint density at radius 3 is 2.52 bits per heavy atom. The fourth-order valence-electron chi connectivity index (χ4n) is 2.50. The molecule has 0 aliphatic carbocycles. The molecule has 0 saturated carbocycles. The normalized spacial score (nSPS) is 12.0. The van der Waals surface area contributed by atoms with Gasteiger partial charge < -0.3 is 5.32 Å². The largest absolute Gasteiger partial charge is 0.345 e. The summed E-state index contributed by atoms with van der Waals surface area (Å²) in [7, 11) is 0. The summed E-state index contributed by atoms with van der Waals surface area (Å²) in [5, 5.41) is 3.13. The van der Waals surface area contributed by atoms with Crippen molar-refractivity contribution in [3.8, 4) is 0 Å². The molecule has 0 aliphatic heterocycles. The van der Waals surface area contributed by atoms with Gasteiger partial charge in [0.25, 0.3) is 5.91 Å². The highest BCUT2D eigenvalue weighted by Gasteiger charge is 2.17. The smallest absolute Gasteiger partial charge is 0.252 e. The van der Waals surface area contributed by atoms with Crippen LogP contribution in [0.4, 0.5) is 0 Å². The van der Waals surface area contributed by atoms with Crippen LogP contribution in [0.15, 0.2) is 46.9 Å². The molecule has 0 spiro atoms. The van der Waals surface area contributed by atoms with Gasteiger partial charge in [-0.15, -0.1) is 0 Å². The molecule has 1 atom stereocenters. The summed E-state index contributed by atoms with van der Waals surface area (Å²) < 4.78 is 0.818. The molecule has 0 aromatic heterocycles. The number of amides is 1. The summed E-state index contributed by atoms with van der Waals surface area (Å²) in [5.74, 6) is -0.0469. The van der Waals surface area contributed by atoms with Crippen molar-refractivity contribution in [3.05, 3.63) is 69.2 Å². The standard InChI is InChI=1S/C18H20BrNO/c1-4-17(14-10-9-12(2)11-13(14)3)20-18(21)15-7-5-6-8-16(15)19/h5-11,17H,4H2,1-3H3,(H,20,21). The Bertz CT molecular complexity index is 651. The van der Waals surface area contributed by atoms with Crippen molar-refractivity contribution in [3.63, 3.8) is 0 Å². The van der Waals surface area contributed by atoms with E-state index in [1.54, 1.807) is 0 Å². The molecule has 2 nitrogen and oxygen atoms in total. The summed E-state index contributed by atoms with van der Waals surface area (Å²) in [6.45, 7) is 6.26. The Labute approximate surface area is 134 Å². The first kappa shape index (κ1) is 15.8. The van der Waals surface area contributed by atoms with Crippen LogP contribution in [0.25, 0.3) is 0 Å². The van der Waals surface area contributed by atoms with Crippen molar-refractivity contribution in [2.24, 2.45) is 0 Å². The van der Waals surface area contributed by atoms with Crippen LogP contribution in [0, 0.1) is 13.8 Å². The third kappa shape index (κ3) is 3.73. The second kappa shape index (κ2) is 6.90. The lowest BCUT2D eigenvalue weighted by Crippen LogP contribution is -2.28. The van der Waals surface area contributed by atoms with Crippen LogP contribution in [0.5, 0.6) is 0 Å². The van der Waals surface area contributed by atoms with Crippen LogP contribution >= 0.6 is 15.9 Å². The summed E-state index contributed by atoms with van der Waals surface area (Å²) in [5.41, 5.74) is 4.31. The molecule has 0 saturated heterocycles. The van der Waals surface area contributed by atoms with E-state index in [0.29, 0.717) is 5.56 Å². The highest BCUT2D eigenvalue weighted by Crippen LogP contribution is 2.23. The molecule has 110 valence electrons. The predicted octanol–water partition coefficient (Wildman–Crippen LogP) is 4.95. The molecular weight excluding hydrogens is 326 g/mol. The molecule has 0 fully saturated rings. The molecule has 2 rings (SSSR count). The van der Waals surface area contributed by atoms with E-state index < -0.39 is 0 Å². The van der Waals surface area contributed by atoms with Gasteiger partial charge in [-0.25, -0.2) is 0 Å². The van der Waals surface area contributed by atoms with E-state index >= 15 is 0 Å². The zero-order chi connectivity index (χ0) is 15.4. The summed E-state index contributed by atoms with van der Waals surface area (Å²) in [6, 6.07) is 13.9. The molecule has 2 aromatic carbocycles. The Morgan fingerprint density at radius 1 is 1.19 bits per heavy atom. The highest BCUT2D eigenvalue weighted by molar-refractivity contribution is 9.10. The predicted molar refractivity (Wildman–Crippen MR) is 90.6 cm³/mol. The molecule has 0 bridgehead atoms. The van der Waals surface area contributed by atoms with Gasteiger partial charge >= 0.3 is 0 Å². The van der Waals surface area contributed by atoms with E-state index in [4.69, 9.17) is 0 Å². The van der Waals surface area contributed by atoms with E-state index in [1.807, 2.05) is 24.3 Å². The summed E-state index contributed by atoms with van der Waals surface area (Å²) >= 11 is 3.43. The van der Waals surface area contributed by atoms with Gasteiger partial charge in [-0.05, 0) is 59.5 Å². The topological polar surface area (TPSA) is 29.1 Å². The van der Waals surface area contributed by atoms with Crippen molar-refractivity contribution in [2.75, 3.05) is 0 Å². The minimum Gasteiger partial charge on any atom is -0.345 e. The number of aryl methyl sites for hydroxylation is 2. The minimum absolute atomic E-state index is 0.0326. The molecule has 0 aliphatic rings. The fraction of sp³-hybridized carbons (Fsp3) is 0.278. The number of hydrogen-bond acceptors (Lipinski definition) is 1.